The van der Waals surface area contributed by atoms with Crippen LogP contribution in [0.25, 0.3) is 0 Å². The Morgan fingerprint density at radius 3 is 2.45 bits per heavy atom. The van der Waals surface area contributed by atoms with E-state index in [2.05, 4.69) is 5.43 Å². The highest BCUT2D eigenvalue weighted by Gasteiger charge is 2.43. The lowest BCUT2D eigenvalue weighted by Crippen LogP contribution is -2.53. The molecule has 2 heterocycles. The molecule has 20 heavy (non-hydrogen) atoms. The first kappa shape index (κ1) is 14.0. The van der Waals surface area contributed by atoms with Crippen LogP contribution in [0.2, 0.25) is 0 Å². The van der Waals surface area contributed by atoms with Gasteiger partial charge in [0.05, 0.1) is 19.6 Å². The van der Waals surface area contributed by atoms with Gasteiger partial charge in [-0.3, -0.25) is 14.5 Å². The average Bonchev–Trinajstić information content (AvgIpc) is 2.75. The predicted molar refractivity (Wildman–Crippen MR) is 72.7 cm³/mol. The zero-order valence-corrected chi connectivity index (χ0v) is 11.8. The minimum absolute atomic E-state index is 0.00680. The van der Waals surface area contributed by atoms with E-state index in [0.717, 1.165) is 38.8 Å². The average molecular weight is 281 g/mol. The van der Waals surface area contributed by atoms with E-state index in [1.807, 2.05) is 5.01 Å². The van der Waals surface area contributed by atoms with E-state index in [-0.39, 0.29) is 23.9 Å². The summed E-state index contributed by atoms with van der Waals surface area (Å²) in [4.78, 5) is 26.2. The van der Waals surface area contributed by atoms with Gasteiger partial charge in [-0.05, 0) is 12.8 Å². The van der Waals surface area contributed by atoms with Crippen LogP contribution >= 0.6 is 0 Å². The Bertz CT molecular complexity index is 376. The van der Waals surface area contributed by atoms with Crippen molar-refractivity contribution in [3.8, 4) is 0 Å². The lowest BCUT2D eigenvalue weighted by Gasteiger charge is -2.31. The van der Waals surface area contributed by atoms with Crippen LogP contribution in [0.3, 0.4) is 0 Å². The number of imide groups is 1. The number of hydrazine groups is 1. The standard InChI is InChI=1S/C14H23N3O3/c18-13-10-12(15-16-6-8-20-9-7-16)14(19)17(13)11-4-2-1-3-5-11/h11-12,15H,1-10H2. The molecule has 6 nitrogen and oxygen atoms in total. The van der Waals surface area contributed by atoms with Gasteiger partial charge in [0.15, 0.2) is 0 Å². The number of hydrogen-bond acceptors (Lipinski definition) is 5. The van der Waals surface area contributed by atoms with Crippen molar-refractivity contribution in [2.45, 2.75) is 50.6 Å². The third-order valence-corrected chi connectivity index (χ3v) is 4.47. The molecular formula is C14H23N3O3. The van der Waals surface area contributed by atoms with Crippen LogP contribution in [0.5, 0.6) is 0 Å². The fraction of sp³-hybridized carbons (Fsp3) is 0.857. The molecule has 112 valence electrons. The summed E-state index contributed by atoms with van der Waals surface area (Å²) in [7, 11) is 0. The Morgan fingerprint density at radius 1 is 1.05 bits per heavy atom. The summed E-state index contributed by atoms with van der Waals surface area (Å²) in [5, 5.41) is 2.00. The summed E-state index contributed by atoms with van der Waals surface area (Å²) in [6, 6.07) is -0.234. The maximum atomic E-state index is 12.5. The number of hydrogen-bond donors (Lipinski definition) is 1. The molecule has 1 N–H and O–H groups in total. The number of carbonyl (C=O) groups excluding carboxylic acids is 2. The van der Waals surface area contributed by atoms with Crippen molar-refractivity contribution in [2.75, 3.05) is 26.3 Å². The number of nitrogens with one attached hydrogen (secondary N) is 1. The lowest BCUT2D eigenvalue weighted by molar-refractivity contribution is -0.142. The molecule has 0 aromatic carbocycles. The second-order valence-corrected chi connectivity index (χ2v) is 5.88. The Labute approximate surface area is 119 Å². The van der Waals surface area contributed by atoms with Gasteiger partial charge in [-0.15, -0.1) is 0 Å². The molecule has 1 saturated carbocycles. The number of rotatable bonds is 3. The van der Waals surface area contributed by atoms with Crippen molar-refractivity contribution in [3.05, 3.63) is 0 Å². The molecule has 1 unspecified atom stereocenters. The van der Waals surface area contributed by atoms with E-state index in [0.29, 0.717) is 19.6 Å². The van der Waals surface area contributed by atoms with Gasteiger partial charge in [0, 0.05) is 19.1 Å². The van der Waals surface area contributed by atoms with E-state index < -0.39 is 0 Å². The summed E-state index contributed by atoms with van der Waals surface area (Å²) >= 11 is 0. The third kappa shape index (κ3) is 2.87. The van der Waals surface area contributed by atoms with Crippen molar-refractivity contribution < 1.29 is 14.3 Å². The summed E-state index contributed by atoms with van der Waals surface area (Å²) in [6.45, 7) is 2.88. The Morgan fingerprint density at radius 2 is 1.75 bits per heavy atom. The molecule has 2 aliphatic heterocycles. The molecule has 1 atom stereocenters. The van der Waals surface area contributed by atoms with Crippen LogP contribution in [0.4, 0.5) is 0 Å². The predicted octanol–water partition coefficient (Wildman–Crippen LogP) is 0.283. The zero-order valence-electron chi connectivity index (χ0n) is 11.8. The molecule has 0 bridgehead atoms. The smallest absolute Gasteiger partial charge is 0.248 e. The van der Waals surface area contributed by atoms with Crippen LogP contribution in [0.15, 0.2) is 0 Å². The zero-order chi connectivity index (χ0) is 13.9. The largest absolute Gasteiger partial charge is 0.379 e. The summed E-state index contributed by atoms with van der Waals surface area (Å²) in [5.41, 5.74) is 3.21. The van der Waals surface area contributed by atoms with Gasteiger partial charge in [0.1, 0.15) is 6.04 Å². The number of nitrogens with zero attached hydrogens (tertiary/aromatic N) is 2. The van der Waals surface area contributed by atoms with Crippen molar-refractivity contribution in [1.29, 1.82) is 0 Å². The molecule has 3 fully saturated rings. The minimum atomic E-state index is -0.373. The number of likely N-dealkylation sites (tertiary alicyclic amines) is 1. The molecule has 0 aromatic rings. The molecule has 0 spiro atoms. The first-order chi connectivity index (χ1) is 9.75. The summed E-state index contributed by atoms with van der Waals surface area (Å²) in [6.07, 6.45) is 5.73. The molecule has 2 saturated heterocycles. The number of ether oxygens (including phenoxy) is 1. The Balaban J connectivity index is 1.60. The summed E-state index contributed by atoms with van der Waals surface area (Å²) in [5.74, 6) is -0.0407. The SMILES string of the molecule is O=C1CC(NN2CCOCC2)C(=O)N1C1CCCCC1. The molecule has 0 aromatic heterocycles. The number of carbonyl (C=O) groups is 2. The number of morpholine rings is 1. The van der Waals surface area contributed by atoms with Crippen LogP contribution < -0.4 is 5.43 Å². The molecule has 3 aliphatic rings. The molecule has 2 amide bonds. The first-order valence-corrected chi connectivity index (χ1v) is 7.70. The van der Waals surface area contributed by atoms with Gasteiger partial charge >= 0.3 is 0 Å². The topological polar surface area (TPSA) is 61.9 Å². The minimum Gasteiger partial charge on any atom is -0.379 e. The van der Waals surface area contributed by atoms with E-state index in [1.54, 1.807) is 0 Å². The van der Waals surface area contributed by atoms with Crippen LogP contribution in [-0.2, 0) is 14.3 Å². The van der Waals surface area contributed by atoms with Gasteiger partial charge < -0.3 is 4.74 Å². The highest BCUT2D eigenvalue weighted by molar-refractivity contribution is 6.05. The van der Waals surface area contributed by atoms with Crippen LogP contribution in [0, 0.1) is 0 Å². The van der Waals surface area contributed by atoms with E-state index in [1.165, 1.54) is 11.3 Å². The molecule has 3 rings (SSSR count). The first-order valence-electron chi connectivity index (χ1n) is 7.70. The quantitative estimate of drug-likeness (QED) is 0.753. The Kier molecular flexibility index (Phi) is 4.33. The van der Waals surface area contributed by atoms with E-state index in [9.17, 15) is 9.59 Å². The van der Waals surface area contributed by atoms with Gasteiger partial charge in [0.25, 0.3) is 0 Å². The van der Waals surface area contributed by atoms with Crippen LogP contribution in [0.1, 0.15) is 38.5 Å². The monoisotopic (exact) mass is 281 g/mol. The third-order valence-electron chi connectivity index (χ3n) is 4.47. The second kappa shape index (κ2) is 6.20. The maximum Gasteiger partial charge on any atom is 0.248 e. The Hall–Kier alpha value is -0.980. The van der Waals surface area contributed by atoms with Crippen molar-refractivity contribution in [1.82, 2.24) is 15.3 Å². The van der Waals surface area contributed by atoms with Crippen LogP contribution in [-0.4, -0.2) is 60.1 Å². The normalized spacial score (nSPS) is 30.2. The fourth-order valence-corrected chi connectivity index (χ4v) is 3.39. The highest BCUT2D eigenvalue weighted by Crippen LogP contribution is 2.27. The van der Waals surface area contributed by atoms with Gasteiger partial charge in [0.2, 0.25) is 11.8 Å². The number of amides is 2. The molecule has 1 aliphatic carbocycles. The van der Waals surface area contributed by atoms with Gasteiger partial charge in [-0.2, -0.15) is 0 Å². The van der Waals surface area contributed by atoms with E-state index in [4.69, 9.17) is 4.74 Å². The lowest BCUT2D eigenvalue weighted by atomic mass is 9.94. The molecule has 6 heteroatoms. The van der Waals surface area contributed by atoms with Crippen molar-refractivity contribution in [2.24, 2.45) is 0 Å². The maximum absolute atomic E-state index is 12.5. The second-order valence-electron chi connectivity index (χ2n) is 5.88. The van der Waals surface area contributed by atoms with Crippen molar-refractivity contribution >= 4 is 11.8 Å². The van der Waals surface area contributed by atoms with E-state index >= 15 is 0 Å². The fourth-order valence-electron chi connectivity index (χ4n) is 3.39. The highest BCUT2D eigenvalue weighted by atomic mass is 16.5. The molecular weight excluding hydrogens is 258 g/mol. The van der Waals surface area contributed by atoms with Gasteiger partial charge in [-0.1, -0.05) is 19.3 Å². The van der Waals surface area contributed by atoms with Crippen molar-refractivity contribution in [3.63, 3.8) is 0 Å². The molecule has 0 radical (unpaired) electrons. The van der Waals surface area contributed by atoms with Gasteiger partial charge in [-0.25, -0.2) is 10.4 Å². The summed E-state index contributed by atoms with van der Waals surface area (Å²) < 4.78 is 5.28.